The Morgan fingerprint density at radius 3 is 2.67 bits per heavy atom. The lowest BCUT2D eigenvalue weighted by Crippen LogP contribution is -1.47. The van der Waals surface area contributed by atoms with Gasteiger partial charge < -0.3 is 0 Å². The first-order valence-corrected chi connectivity index (χ1v) is 2.82. The lowest BCUT2D eigenvalue weighted by Gasteiger charge is -1.65. The molecule has 0 atom stereocenters. The van der Waals surface area contributed by atoms with Crippen LogP contribution in [-0.2, 0) is 0 Å². The Morgan fingerprint density at radius 1 is 1.67 bits per heavy atom. The summed E-state index contributed by atoms with van der Waals surface area (Å²) >= 11 is 1.74. The van der Waals surface area contributed by atoms with Gasteiger partial charge in [0.1, 0.15) is 0 Å². The van der Waals surface area contributed by atoms with Crippen molar-refractivity contribution in [3.63, 3.8) is 0 Å². The molecule has 6 heavy (non-hydrogen) atoms. The van der Waals surface area contributed by atoms with Crippen molar-refractivity contribution >= 4 is 11.3 Å². The minimum atomic E-state index is 1.36. The molecule has 0 amide bonds. The number of aryl methyl sites for hydroxylation is 1. The highest BCUT2D eigenvalue weighted by Crippen LogP contribution is 2.01. The van der Waals surface area contributed by atoms with E-state index in [1.54, 1.807) is 11.3 Å². The van der Waals surface area contributed by atoms with Crippen LogP contribution in [0.15, 0.2) is 16.8 Å². The molecule has 0 fully saturated rings. The molecular formula is C5H6S. The maximum atomic E-state index is 2.12. The smallest absolute Gasteiger partial charge is 0.00641 e. The Bertz CT molecular complexity index is 107. The summed E-state index contributed by atoms with van der Waals surface area (Å²) in [7, 11) is 0. The second-order valence-corrected chi connectivity index (χ2v) is 2.08. The van der Waals surface area contributed by atoms with E-state index in [0.29, 0.717) is 0 Å². The van der Waals surface area contributed by atoms with E-state index in [9.17, 15) is 0 Å². The monoisotopic (exact) mass is 98.0 g/mol. The van der Waals surface area contributed by atoms with Gasteiger partial charge in [-0.3, -0.25) is 0 Å². The van der Waals surface area contributed by atoms with Crippen molar-refractivity contribution in [1.82, 2.24) is 0 Å². The van der Waals surface area contributed by atoms with Gasteiger partial charge in [-0.1, -0.05) is 0 Å². The Kier molecular flexibility index (Phi) is 0.926. The number of hydrogen-bond donors (Lipinski definition) is 0. The van der Waals surface area contributed by atoms with E-state index in [2.05, 4.69) is 23.8 Å². The molecule has 0 nitrogen and oxygen atoms in total. The molecule has 0 N–H and O–H groups in total. The first kappa shape index (κ1) is 3.88. The third-order valence-electron chi connectivity index (χ3n) is 0.663. The summed E-state index contributed by atoms with van der Waals surface area (Å²) in [5.74, 6) is 0. The Morgan fingerprint density at radius 2 is 2.50 bits per heavy atom. The highest BCUT2D eigenvalue weighted by Gasteiger charge is 1.74. The third kappa shape index (κ3) is 0.601. The van der Waals surface area contributed by atoms with E-state index in [1.165, 1.54) is 5.56 Å². The quantitative estimate of drug-likeness (QED) is 0.466. The lowest BCUT2D eigenvalue weighted by molar-refractivity contribution is 1.56. The first-order valence-electron chi connectivity index (χ1n) is 1.88. The summed E-state index contributed by atoms with van der Waals surface area (Å²) in [6.45, 7) is 2.09. The maximum absolute atomic E-state index is 2.12. The SMILES string of the molecule is Cc1ccsc1. The van der Waals surface area contributed by atoms with Gasteiger partial charge in [0.15, 0.2) is 0 Å². The van der Waals surface area contributed by atoms with Gasteiger partial charge >= 0.3 is 0 Å². The zero-order valence-corrected chi connectivity index (χ0v) is 4.46. The molecule has 0 aliphatic heterocycles. The van der Waals surface area contributed by atoms with Crippen molar-refractivity contribution in [2.24, 2.45) is 0 Å². The minimum Gasteiger partial charge on any atom is -0.152 e. The van der Waals surface area contributed by atoms with Crippen LogP contribution in [0.25, 0.3) is 0 Å². The van der Waals surface area contributed by atoms with Crippen molar-refractivity contribution in [2.75, 3.05) is 0 Å². The highest BCUT2D eigenvalue weighted by atomic mass is 32.1. The normalized spacial score (nSPS) is 8.83. The largest absolute Gasteiger partial charge is 0.152 e. The first-order chi connectivity index (χ1) is 2.89. The minimum absolute atomic E-state index is 1.36. The van der Waals surface area contributed by atoms with Gasteiger partial charge in [-0.15, -0.1) is 0 Å². The maximum Gasteiger partial charge on any atom is -0.00641 e. The second kappa shape index (κ2) is 1.43. The van der Waals surface area contributed by atoms with E-state index < -0.39 is 0 Å². The molecule has 0 bridgehead atoms. The topological polar surface area (TPSA) is 0 Å². The van der Waals surface area contributed by atoms with Crippen molar-refractivity contribution in [1.29, 1.82) is 0 Å². The average molecular weight is 98.2 g/mol. The van der Waals surface area contributed by atoms with E-state index >= 15 is 0 Å². The van der Waals surface area contributed by atoms with Crippen LogP contribution in [0.5, 0.6) is 0 Å². The van der Waals surface area contributed by atoms with Gasteiger partial charge in [-0.2, -0.15) is 11.3 Å². The standard InChI is InChI=1S/C5H6S/c1-5-2-3-6-4-5/h2-4H,1H3. The zero-order valence-electron chi connectivity index (χ0n) is 3.64. The summed E-state index contributed by atoms with van der Waals surface area (Å²) in [5.41, 5.74) is 1.36. The van der Waals surface area contributed by atoms with Crippen LogP contribution in [-0.4, -0.2) is 0 Å². The third-order valence-corrected chi connectivity index (χ3v) is 1.46. The van der Waals surface area contributed by atoms with Gasteiger partial charge in [0.25, 0.3) is 0 Å². The molecule has 0 aliphatic rings. The fourth-order valence-corrected chi connectivity index (χ4v) is 0.998. The van der Waals surface area contributed by atoms with Crippen LogP contribution in [0.4, 0.5) is 0 Å². The van der Waals surface area contributed by atoms with Crippen molar-refractivity contribution in [2.45, 2.75) is 6.92 Å². The van der Waals surface area contributed by atoms with Crippen molar-refractivity contribution in [3.8, 4) is 0 Å². The number of hydrogen-bond acceptors (Lipinski definition) is 1. The fraction of sp³-hybridized carbons (Fsp3) is 0.200. The molecule has 0 aromatic carbocycles. The Labute approximate surface area is 41.4 Å². The van der Waals surface area contributed by atoms with Crippen LogP contribution in [0, 0.1) is 6.92 Å². The number of rotatable bonds is 0. The molecule has 1 rings (SSSR count). The molecule has 0 aliphatic carbocycles. The summed E-state index contributed by atoms with van der Waals surface area (Å²) in [5, 5.41) is 4.20. The summed E-state index contributed by atoms with van der Waals surface area (Å²) < 4.78 is 0. The predicted octanol–water partition coefficient (Wildman–Crippen LogP) is 2.06. The van der Waals surface area contributed by atoms with E-state index in [0.717, 1.165) is 0 Å². The molecule has 0 spiro atoms. The van der Waals surface area contributed by atoms with Crippen LogP contribution in [0.1, 0.15) is 5.56 Å². The molecule has 1 heterocycles. The molecule has 0 saturated carbocycles. The molecule has 0 unspecified atom stereocenters. The predicted molar refractivity (Wildman–Crippen MR) is 29.1 cm³/mol. The summed E-state index contributed by atoms with van der Waals surface area (Å²) in [6.07, 6.45) is 0. The fourth-order valence-electron chi connectivity index (χ4n) is 0.333. The molecule has 32 valence electrons. The molecule has 1 aromatic rings. The van der Waals surface area contributed by atoms with Crippen molar-refractivity contribution in [3.05, 3.63) is 22.4 Å². The molecule has 1 heteroatoms. The Hall–Kier alpha value is -0.300. The van der Waals surface area contributed by atoms with E-state index in [-0.39, 0.29) is 0 Å². The van der Waals surface area contributed by atoms with Gasteiger partial charge in [0, 0.05) is 0 Å². The van der Waals surface area contributed by atoms with Crippen LogP contribution in [0.2, 0.25) is 0 Å². The van der Waals surface area contributed by atoms with Gasteiger partial charge in [-0.25, -0.2) is 0 Å². The van der Waals surface area contributed by atoms with Gasteiger partial charge in [0.2, 0.25) is 0 Å². The molecule has 0 radical (unpaired) electrons. The zero-order chi connectivity index (χ0) is 4.41. The average Bonchev–Trinajstić information content (AvgIpc) is 1.86. The summed E-state index contributed by atoms with van der Waals surface area (Å²) in [6, 6.07) is 2.10. The van der Waals surface area contributed by atoms with Crippen LogP contribution >= 0.6 is 11.3 Å². The van der Waals surface area contributed by atoms with Crippen LogP contribution < -0.4 is 0 Å². The molecule has 0 saturated heterocycles. The Balaban J connectivity index is 3.05. The summed E-state index contributed by atoms with van der Waals surface area (Å²) in [4.78, 5) is 0. The lowest BCUT2D eigenvalue weighted by atomic mass is 10.4. The molecular weight excluding hydrogens is 92.1 g/mol. The van der Waals surface area contributed by atoms with E-state index in [4.69, 9.17) is 0 Å². The molecule has 1 aromatic heterocycles. The van der Waals surface area contributed by atoms with Crippen LogP contribution in [0.3, 0.4) is 0 Å². The number of thiophene rings is 1. The second-order valence-electron chi connectivity index (χ2n) is 1.30. The van der Waals surface area contributed by atoms with Crippen molar-refractivity contribution < 1.29 is 0 Å². The van der Waals surface area contributed by atoms with Gasteiger partial charge in [-0.05, 0) is 29.3 Å². The van der Waals surface area contributed by atoms with Gasteiger partial charge in [0.05, 0.1) is 0 Å². The highest BCUT2D eigenvalue weighted by molar-refractivity contribution is 7.07. The van der Waals surface area contributed by atoms with E-state index in [1.807, 2.05) is 0 Å².